The van der Waals surface area contributed by atoms with Gasteiger partial charge in [-0.1, -0.05) is 35.9 Å². The predicted octanol–water partition coefficient (Wildman–Crippen LogP) is 4.62. The van der Waals surface area contributed by atoms with Gasteiger partial charge in [-0.3, -0.25) is 4.79 Å². The van der Waals surface area contributed by atoms with Crippen LogP contribution in [0.25, 0.3) is 0 Å². The van der Waals surface area contributed by atoms with Gasteiger partial charge in [0.2, 0.25) is 5.91 Å². The minimum Gasteiger partial charge on any atom is -0.345 e. The molecule has 1 aromatic heterocycles. The average molecular weight is 359 g/mol. The van der Waals surface area contributed by atoms with Gasteiger partial charge in [-0.15, -0.1) is 18.2 Å². The lowest BCUT2D eigenvalue weighted by Crippen LogP contribution is -2.42. The molecule has 2 rings (SSSR count). The SMILES string of the molecule is C=CCN(Cc1cccn1Cc1cccc(C)c1)C(=O)C(C)(C)CCl. The van der Waals surface area contributed by atoms with E-state index in [1.54, 1.807) is 6.08 Å². The standard InChI is InChI=1S/C21H27ClN2O/c1-5-11-24(20(25)21(3,4)16-22)15-19-10-7-12-23(19)14-18-9-6-8-17(2)13-18/h5-10,12-13H,1,11,14-16H2,2-4H3. The monoisotopic (exact) mass is 358 g/mol. The Kier molecular flexibility index (Phi) is 6.49. The molecule has 0 unspecified atom stereocenters. The normalized spacial score (nSPS) is 11.4. The zero-order valence-corrected chi connectivity index (χ0v) is 16.1. The molecule has 1 aromatic carbocycles. The van der Waals surface area contributed by atoms with Crippen molar-refractivity contribution in [3.63, 3.8) is 0 Å². The molecule has 0 fully saturated rings. The lowest BCUT2D eigenvalue weighted by molar-refractivity contribution is -0.139. The van der Waals surface area contributed by atoms with Gasteiger partial charge in [-0.05, 0) is 38.5 Å². The van der Waals surface area contributed by atoms with Gasteiger partial charge >= 0.3 is 0 Å². The third-order valence-electron chi connectivity index (χ3n) is 4.26. The van der Waals surface area contributed by atoms with Crippen LogP contribution in [0.5, 0.6) is 0 Å². The molecule has 1 heterocycles. The Hall–Kier alpha value is -2.00. The lowest BCUT2D eigenvalue weighted by Gasteiger charge is -2.30. The maximum Gasteiger partial charge on any atom is 0.230 e. The molecule has 0 saturated carbocycles. The first-order chi connectivity index (χ1) is 11.9. The molecule has 2 aromatic rings. The highest BCUT2D eigenvalue weighted by Crippen LogP contribution is 2.22. The first-order valence-electron chi connectivity index (χ1n) is 8.53. The molecule has 0 aliphatic heterocycles. The van der Waals surface area contributed by atoms with Crippen LogP contribution in [-0.2, 0) is 17.9 Å². The zero-order valence-electron chi connectivity index (χ0n) is 15.3. The number of aryl methyl sites for hydroxylation is 1. The van der Waals surface area contributed by atoms with Gasteiger partial charge in [0.15, 0.2) is 0 Å². The molecule has 0 radical (unpaired) electrons. The minimum absolute atomic E-state index is 0.0469. The van der Waals surface area contributed by atoms with Gasteiger partial charge in [0.05, 0.1) is 12.0 Å². The first kappa shape index (κ1) is 19.3. The highest BCUT2D eigenvalue weighted by molar-refractivity contribution is 6.19. The van der Waals surface area contributed by atoms with Gasteiger partial charge in [0.25, 0.3) is 0 Å². The molecular weight excluding hydrogens is 332 g/mol. The van der Waals surface area contributed by atoms with Crippen molar-refractivity contribution in [2.75, 3.05) is 12.4 Å². The number of aromatic nitrogens is 1. The Morgan fingerprint density at radius 3 is 2.72 bits per heavy atom. The smallest absolute Gasteiger partial charge is 0.230 e. The fourth-order valence-corrected chi connectivity index (χ4v) is 2.92. The van der Waals surface area contributed by atoms with E-state index in [0.717, 1.165) is 12.2 Å². The molecule has 0 aliphatic rings. The number of carbonyl (C=O) groups excluding carboxylic acids is 1. The van der Waals surface area contributed by atoms with Crippen LogP contribution in [0.4, 0.5) is 0 Å². The Morgan fingerprint density at radius 2 is 2.08 bits per heavy atom. The number of carbonyl (C=O) groups is 1. The molecular formula is C21H27ClN2O. The van der Waals surface area contributed by atoms with E-state index in [1.807, 2.05) is 24.8 Å². The van der Waals surface area contributed by atoms with E-state index in [2.05, 4.69) is 54.6 Å². The van der Waals surface area contributed by atoms with E-state index in [9.17, 15) is 4.79 Å². The number of alkyl halides is 1. The Bertz CT molecular complexity index is 733. The summed E-state index contributed by atoms with van der Waals surface area (Å²) in [6, 6.07) is 12.6. The topological polar surface area (TPSA) is 25.2 Å². The average Bonchev–Trinajstić information content (AvgIpc) is 3.00. The van der Waals surface area contributed by atoms with Crippen LogP contribution < -0.4 is 0 Å². The fraction of sp³-hybridized carbons (Fsp3) is 0.381. The van der Waals surface area contributed by atoms with Gasteiger partial charge in [0, 0.05) is 30.9 Å². The summed E-state index contributed by atoms with van der Waals surface area (Å²) in [6.07, 6.45) is 3.82. The summed E-state index contributed by atoms with van der Waals surface area (Å²) in [6.45, 7) is 11.5. The zero-order chi connectivity index (χ0) is 18.4. The molecule has 1 amide bonds. The summed E-state index contributed by atoms with van der Waals surface area (Å²) in [7, 11) is 0. The van der Waals surface area contributed by atoms with Gasteiger partial charge in [0.1, 0.15) is 0 Å². The lowest BCUT2D eigenvalue weighted by atomic mass is 9.94. The highest BCUT2D eigenvalue weighted by Gasteiger charge is 2.31. The van der Waals surface area contributed by atoms with Crippen molar-refractivity contribution in [1.82, 2.24) is 9.47 Å². The van der Waals surface area contributed by atoms with Crippen molar-refractivity contribution in [2.45, 2.75) is 33.9 Å². The molecule has 134 valence electrons. The number of benzene rings is 1. The van der Waals surface area contributed by atoms with Gasteiger partial charge in [-0.2, -0.15) is 0 Å². The van der Waals surface area contributed by atoms with Crippen LogP contribution in [0.2, 0.25) is 0 Å². The quantitative estimate of drug-likeness (QED) is 0.499. The molecule has 0 bridgehead atoms. The Labute approximate surface area is 155 Å². The van der Waals surface area contributed by atoms with E-state index in [4.69, 9.17) is 11.6 Å². The van der Waals surface area contributed by atoms with E-state index >= 15 is 0 Å². The van der Waals surface area contributed by atoms with Crippen LogP contribution in [-0.4, -0.2) is 27.8 Å². The molecule has 0 atom stereocenters. The molecule has 0 saturated heterocycles. The number of halogens is 1. The number of hydrogen-bond acceptors (Lipinski definition) is 1. The van der Waals surface area contributed by atoms with Crippen molar-refractivity contribution in [2.24, 2.45) is 5.41 Å². The van der Waals surface area contributed by atoms with E-state index in [0.29, 0.717) is 19.0 Å². The molecule has 25 heavy (non-hydrogen) atoms. The molecule has 0 N–H and O–H groups in total. The fourth-order valence-electron chi connectivity index (χ4n) is 2.81. The van der Waals surface area contributed by atoms with Crippen LogP contribution in [0.1, 0.15) is 30.7 Å². The number of amides is 1. The molecule has 0 aliphatic carbocycles. The third kappa shape index (κ3) is 4.99. The maximum atomic E-state index is 12.8. The molecule has 3 nitrogen and oxygen atoms in total. The van der Waals surface area contributed by atoms with Crippen molar-refractivity contribution in [3.8, 4) is 0 Å². The number of nitrogens with zero attached hydrogens (tertiary/aromatic N) is 2. The number of rotatable bonds is 8. The Balaban J connectivity index is 2.19. The Morgan fingerprint density at radius 1 is 1.32 bits per heavy atom. The maximum absolute atomic E-state index is 12.8. The van der Waals surface area contributed by atoms with Crippen LogP contribution in [0, 0.1) is 12.3 Å². The summed E-state index contributed by atoms with van der Waals surface area (Å²) in [5.41, 5.74) is 3.01. The van der Waals surface area contributed by atoms with E-state index in [1.165, 1.54) is 11.1 Å². The van der Waals surface area contributed by atoms with Gasteiger partial charge < -0.3 is 9.47 Å². The summed E-state index contributed by atoms with van der Waals surface area (Å²) < 4.78 is 2.19. The van der Waals surface area contributed by atoms with Crippen LogP contribution in [0.3, 0.4) is 0 Å². The molecule has 4 heteroatoms. The van der Waals surface area contributed by atoms with Crippen molar-refractivity contribution in [3.05, 3.63) is 72.1 Å². The summed E-state index contributed by atoms with van der Waals surface area (Å²) >= 11 is 5.99. The van der Waals surface area contributed by atoms with Crippen molar-refractivity contribution >= 4 is 17.5 Å². The van der Waals surface area contributed by atoms with Gasteiger partial charge in [-0.25, -0.2) is 0 Å². The second kappa shape index (κ2) is 8.39. The summed E-state index contributed by atoms with van der Waals surface area (Å²) in [5, 5.41) is 0. The van der Waals surface area contributed by atoms with Crippen molar-refractivity contribution in [1.29, 1.82) is 0 Å². The van der Waals surface area contributed by atoms with Crippen molar-refractivity contribution < 1.29 is 4.79 Å². The second-order valence-electron chi connectivity index (χ2n) is 7.11. The predicted molar refractivity (Wildman–Crippen MR) is 105 cm³/mol. The third-order valence-corrected chi connectivity index (χ3v) is 4.93. The highest BCUT2D eigenvalue weighted by atomic mass is 35.5. The minimum atomic E-state index is -0.585. The summed E-state index contributed by atoms with van der Waals surface area (Å²) in [4.78, 5) is 14.6. The molecule has 0 spiro atoms. The first-order valence-corrected chi connectivity index (χ1v) is 9.06. The summed E-state index contributed by atoms with van der Waals surface area (Å²) in [5.74, 6) is 0.342. The largest absolute Gasteiger partial charge is 0.345 e. The van der Waals surface area contributed by atoms with Crippen LogP contribution >= 0.6 is 11.6 Å². The second-order valence-corrected chi connectivity index (χ2v) is 7.38. The van der Waals surface area contributed by atoms with E-state index in [-0.39, 0.29) is 5.91 Å². The number of hydrogen-bond donors (Lipinski definition) is 0. The van der Waals surface area contributed by atoms with E-state index < -0.39 is 5.41 Å². The van der Waals surface area contributed by atoms with Crippen LogP contribution in [0.15, 0.2) is 55.3 Å².